The molecule has 3 nitrogen and oxygen atoms in total. The Morgan fingerprint density at radius 2 is 2.12 bits per heavy atom. The quantitative estimate of drug-likeness (QED) is 0.768. The van der Waals surface area contributed by atoms with Crippen LogP contribution in [0.3, 0.4) is 0 Å². The molecule has 0 aliphatic heterocycles. The molecule has 0 aromatic rings. The van der Waals surface area contributed by atoms with Crippen molar-refractivity contribution in [1.82, 2.24) is 5.32 Å². The lowest BCUT2D eigenvalue weighted by molar-refractivity contribution is -0.127. The van der Waals surface area contributed by atoms with Gasteiger partial charge in [-0.05, 0) is 44.9 Å². The maximum atomic E-state index is 12.1. The average molecular weight is 224 g/mol. The Morgan fingerprint density at radius 1 is 1.44 bits per heavy atom. The molecule has 0 bridgehead atoms. The van der Waals surface area contributed by atoms with E-state index in [4.69, 9.17) is 5.73 Å². The average Bonchev–Trinajstić information content (AvgIpc) is 2.95. The van der Waals surface area contributed by atoms with E-state index in [1.165, 1.54) is 12.8 Å². The van der Waals surface area contributed by atoms with Crippen LogP contribution in [0, 0.1) is 11.8 Å². The molecule has 92 valence electrons. The molecule has 2 fully saturated rings. The van der Waals surface area contributed by atoms with E-state index in [2.05, 4.69) is 19.2 Å². The highest BCUT2D eigenvalue weighted by molar-refractivity contribution is 5.79. The van der Waals surface area contributed by atoms with Crippen molar-refractivity contribution in [2.75, 3.05) is 0 Å². The molecule has 2 aliphatic carbocycles. The highest BCUT2D eigenvalue weighted by atomic mass is 16.2. The Morgan fingerprint density at radius 3 is 2.69 bits per heavy atom. The van der Waals surface area contributed by atoms with Gasteiger partial charge in [-0.1, -0.05) is 13.3 Å². The van der Waals surface area contributed by atoms with Crippen LogP contribution in [0.1, 0.15) is 52.4 Å². The molecule has 1 amide bonds. The first-order valence-corrected chi connectivity index (χ1v) is 6.58. The Bertz CT molecular complexity index is 273. The SMILES string of the molecule is CC(C(=O)NC1(C)CC1)C1CCCC(N)C1. The molecule has 0 spiro atoms. The maximum Gasteiger partial charge on any atom is 0.223 e. The monoisotopic (exact) mass is 224 g/mol. The third-order valence-electron chi connectivity index (χ3n) is 4.30. The minimum Gasteiger partial charge on any atom is -0.351 e. The highest BCUT2D eigenvalue weighted by Gasteiger charge is 2.40. The number of carbonyl (C=O) groups excluding carboxylic acids is 1. The Balaban J connectivity index is 1.85. The fourth-order valence-corrected chi connectivity index (χ4v) is 2.66. The van der Waals surface area contributed by atoms with Crippen LogP contribution in [0.25, 0.3) is 0 Å². The molecule has 3 heteroatoms. The van der Waals surface area contributed by atoms with Crippen LogP contribution in [-0.2, 0) is 4.79 Å². The van der Waals surface area contributed by atoms with Gasteiger partial charge in [-0.2, -0.15) is 0 Å². The van der Waals surface area contributed by atoms with Crippen LogP contribution in [0.15, 0.2) is 0 Å². The minimum absolute atomic E-state index is 0.113. The highest BCUT2D eigenvalue weighted by Crippen LogP contribution is 2.36. The summed E-state index contributed by atoms with van der Waals surface area (Å²) in [7, 11) is 0. The summed E-state index contributed by atoms with van der Waals surface area (Å²) in [4.78, 5) is 12.1. The summed E-state index contributed by atoms with van der Waals surface area (Å²) < 4.78 is 0. The molecule has 3 atom stereocenters. The maximum absolute atomic E-state index is 12.1. The number of amides is 1. The molecule has 2 saturated carbocycles. The van der Waals surface area contributed by atoms with E-state index in [-0.39, 0.29) is 17.4 Å². The van der Waals surface area contributed by atoms with Crippen LogP contribution in [-0.4, -0.2) is 17.5 Å². The molecule has 3 N–H and O–H groups in total. The molecule has 0 aromatic carbocycles. The Hall–Kier alpha value is -0.570. The van der Waals surface area contributed by atoms with Gasteiger partial charge in [-0.25, -0.2) is 0 Å². The molecule has 2 aliphatic rings. The number of carbonyl (C=O) groups is 1. The molecule has 0 radical (unpaired) electrons. The predicted molar refractivity (Wildman–Crippen MR) is 64.9 cm³/mol. The third-order valence-corrected chi connectivity index (χ3v) is 4.30. The molecule has 16 heavy (non-hydrogen) atoms. The molecule has 3 unspecified atom stereocenters. The van der Waals surface area contributed by atoms with E-state index in [0.29, 0.717) is 12.0 Å². The normalized spacial score (nSPS) is 34.2. The third kappa shape index (κ3) is 2.76. The summed E-state index contributed by atoms with van der Waals surface area (Å²) in [5, 5.41) is 3.16. The molecule has 0 saturated heterocycles. The van der Waals surface area contributed by atoms with Gasteiger partial charge >= 0.3 is 0 Å². The van der Waals surface area contributed by atoms with Crippen LogP contribution < -0.4 is 11.1 Å². The first kappa shape index (κ1) is 11.9. The summed E-state index contributed by atoms with van der Waals surface area (Å²) in [6.45, 7) is 4.19. The van der Waals surface area contributed by atoms with Crippen LogP contribution in [0.4, 0.5) is 0 Å². The van der Waals surface area contributed by atoms with Crippen molar-refractivity contribution in [1.29, 1.82) is 0 Å². The van der Waals surface area contributed by atoms with Crippen molar-refractivity contribution in [2.24, 2.45) is 17.6 Å². The summed E-state index contributed by atoms with van der Waals surface area (Å²) in [5.41, 5.74) is 6.08. The smallest absolute Gasteiger partial charge is 0.223 e. The zero-order chi connectivity index (χ0) is 11.8. The van der Waals surface area contributed by atoms with E-state index in [1.807, 2.05) is 0 Å². The topological polar surface area (TPSA) is 55.1 Å². The second kappa shape index (κ2) is 4.36. The van der Waals surface area contributed by atoms with Crippen molar-refractivity contribution >= 4 is 5.91 Å². The largest absolute Gasteiger partial charge is 0.351 e. The lowest BCUT2D eigenvalue weighted by Gasteiger charge is -2.31. The molecular formula is C13H24N2O. The zero-order valence-electron chi connectivity index (χ0n) is 10.5. The second-order valence-electron chi connectivity index (χ2n) is 6.03. The van der Waals surface area contributed by atoms with E-state index in [0.717, 1.165) is 25.7 Å². The van der Waals surface area contributed by atoms with Gasteiger partial charge < -0.3 is 11.1 Å². The van der Waals surface area contributed by atoms with Gasteiger partial charge in [0.1, 0.15) is 0 Å². The standard InChI is InChI=1S/C13H24N2O/c1-9(10-4-3-5-11(14)8-10)12(16)15-13(2)6-7-13/h9-11H,3-8,14H2,1-2H3,(H,15,16). The molecule has 0 heterocycles. The number of rotatable bonds is 3. The fourth-order valence-electron chi connectivity index (χ4n) is 2.66. The van der Waals surface area contributed by atoms with E-state index in [1.54, 1.807) is 0 Å². The van der Waals surface area contributed by atoms with Gasteiger partial charge in [0, 0.05) is 17.5 Å². The van der Waals surface area contributed by atoms with Gasteiger partial charge in [0.05, 0.1) is 0 Å². The Kier molecular flexibility index (Phi) is 3.24. The first-order chi connectivity index (χ1) is 7.50. The van der Waals surface area contributed by atoms with Gasteiger partial charge in [0.2, 0.25) is 5.91 Å². The van der Waals surface area contributed by atoms with Gasteiger partial charge in [0.15, 0.2) is 0 Å². The zero-order valence-corrected chi connectivity index (χ0v) is 10.5. The predicted octanol–water partition coefficient (Wildman–Crippen LogP) is 1.81. The van der Waals surface area contributed by atoms with Crippen molar-refractivity contribution in [3.05, 3.63) is 0 Å². The van der Waals surface area contributed by atoms with Crippen LogP contribution in [0.5, 0.6) is 0 Å². The lowest BCUT2D eigenvalue weighted by Crippen LogP contribution is -2.42. The van der Waals surface area contributed by atoms with Crippen LogP contribution >= 0.6 is 0 Å². The summed E-state index contributed by atoms with van der Waals surface area (Å²) in [5.74, 6) is 0.856. The van der Waals surface area contributed by atoms with Gasteiger partial charge in [-0.3, -0.25) is 4.79 Å². The molecule has 2 rings (SSSR count). The van der Waals surface area contributed by atoms with Gasteiger partial charge in [0.25, 0.3) is 0 Å². The number of nitrogens with one attached hydrogen (secondary N) is 1. The van der Waals surface area contributed by atoms with Crippen molar-refractivity contribution in [3.63, 3.8) is 0 Å². The number of hydrogen-bond acceptors (Lipinski definition) is 2. The lowest BCUT2D eigenvalue weighted by atomic mass is 9.78. The number of hydrogen-bond donors (Lipinski definition) is 2. The first-order valence-electron chi connectivity index (χ1n) is 6.58. The van der Waals surface area contributed by atoms with E-state index in [9.17, 15) is 4.79 Å². The Labute approximate surface area is 98.2 Å². The van der Waals surface area contributed by atoms with Crippen molar-refractivity contribution in [3.8, 4) is 0 Å². The molecular weight excluding hydrogens is 200 g/mol. The summed E-state index contributed by atoms with van der Waals surface area (Å²) >= 11 is 0. The van der Waals surface area contributed by atoms with E-state index >= 15 is 0 Å². The van der Waals surface area contributed by atoms with E-state index < -0.39 is 0 Å². The fraction of sp³-hybridized carbons (Fsp3) is 0.923. The van der Waals surface area contributed by atoms with Crippen molar-refractivity contribution < 1.29 is 4.79 Å². The number of nitrogens with two attached hydrogens (primary N) is 1. The summed E-state index contributed by atoms with van der Waals surface area (Å²) in [6, 6.07) is 0.311. The van der Waals surface area contributed by atoms with Crippen molar-refractivity contribution in [2.45, 2.75) is 64.0 Å². The second-order valence-corrected chi connectivity index (χ2v) is 6.03. The summed E-state index contributed by atoms with van der Waals surface area (Å²) in [6.07, 6.45) is 6.76. The van der Waals surface area contributed by atoms with Gasteiger partial charge in [-0.15, -0.1) is 0 Å². The minimum atomic E-state index is 0.113. The molecule has 0 aromatic heterocycles. The van der Waals surface area contributed by atoms with Crippen LogP contribution in [0.2, 0.25) is 0 Å².